The summed E-state index contributed by atoms with van der Waals surface area (Å²) >= 11 is 0. The second kappa shape index (κ2) is 10.4. The van der Waals surface area contributed by atoms with E-state index < -0.39 is 30.6 Å². The fourth-order valence-corrected chi connectivity index (χ4v) is 2.21. The quantitative estimate of drug-likeness (QED) is 0.346. The highest BCUT2D eigenvalue weighted by atomic mass is 16.7. The molecule has 0 aromatic carbocycles. The van der Waals surface area contributed by atoms with Crippen LogP contribution in [-0.2, 0) is 18.9 Å². The Morgan fingerprint density at radius 2 is 1.81 bits per heavy atom. The van der Waals surface area contributed by atoms with E-state index in [1.165, 1.54) is 7.11 Å². The zero-order chi connectivity index (χ0) is 15.7. The van der Waals surface area contributed by atoms with Gasteiger partial charge in [-0.05, 0) is 6.54 Å². The molecule has 5 atom stereocenters. The van der Waals surface area contributed by atoms with Crippen LogP contribution in [0.5, 0.6) is 0 Å². The summed E-state index contributed by atoms with van der Waals surface area (Å²) in [6.07, 6.45) is -3.37. The molecule has 126 valence electrons. The second-order valence-corrected chi connectivity index (χ2v) is 4.75. The minimum absolute atomic E-state index is 0.0298. The van der Waals surface area contributed by atoms with Crippen molar-refractivity contribution in [2.24, 2.45) is 0 Å². The largest absolute Gasteiger partial charge is 0.394 e. The third kappa shape index (κ3) is 5.76. The van der Waals surface area contributed by atoms with Gasteiger partial charge in [-0.1, -0.05) is 6.92 Å². The van der Waals surface area contributed by atoms with E-state index in [0.717, 1.165) is 0 Å². The Morgan fingerprint density at radius 1 is 1.10 bits per heavy atom. The Bertz CT molecular complexity index is 267. The molecule has 4 N–H and O–H groups in total. The zero-order valence-electron chi connectivity index (χ0n) is 12.6. The van der Waals surface area contributed by atoms with E-state index in [4.69, 9.17) is 24.1 Å². The summed E-state index contributed by atoms with van der Waals surface area (Å²) in [5.41, 5.74) is 0. The molecule has 0 radical (unpaired) electrons. The summed E-state index contributed by atoms with van der Waals surface area (Å²) in [4.78, 5) is 0. The van der Waals surface area contributed by atoms with Gasteiger partial charge in [0.25, 0.3) is 0 Å². The molecule has 1 aliphatic heterocycles. The van der Waals surface area contributed by atoms with Crippen molar-refractivity contribution in [3.63, 3.8) is 0 Å². The Labute approximate surface area is 124 Å². The lowest BCUT2D eigenvalue weighted by molar-refractivity contribution is -0.266. The number of hydrogen-bond donors (Lipinski definition) is 4. The maximum absolute atomic E-state index is 10.1. The van der Waals surface area contributed by atoms with Gasteiger partial charge in [0, 0.05) is 7.11 Å². The lowest BCUT2D eigenvalue weighted by Gasteiger charge is -2.42. The minimum atomic E-state index is -1.06. The van der Waals surface area contributed by atoms with Gasteiger partial charge in [-0.15, -0.1) is 0 Å². The van der Waals surface area contributed by atoms with Crippen LogP contribution in [0.15, 0.2) is 0 Å². The lowest BCUT2D eigenvalue weighted by atomic mass is 9.97. The first-order chi connectivity index (χ1) is 10.2. The molecule has 1 aliphatic rings. The van der Waals surface area contributed by atoms with E-state index in [-0.39, 0.29) is 19.8 Å². The van der Waals surface area contributed by atoms with Crippen molar-refractivity contribution in [3.05, 3.63) is 0 Å². The zero-order valence-corrected chi connectivity index (χ0v) is 12.6. The predicted octanol–water partition coefficient (Wildman–Crippen LogP) is -1.92. The number of ether oxygens (including phenoxy) is 4. The second-order valence-electron chi connectivity index (χ2n) is 4.75. The Morgan fingerprint density at radius 3 is 2.43 bits per heavy atom. The molecule has 8 nitrogen and oxygen atoms in total. The molecular formula is C13H27NO7. The van der Waals surface area contributed by atoms with E-state index in [0.29, 0.717) is 19.8 Å². The average Bonchev–Trinajstić information content (AvgIpc) is 2.49. The van der Waals surface area contributed by atoms with Crippen LogP contribution in [0.25, 0.3) is 0 Å². The molecule has 0 aliphatic carbocycles. The molecule has 0 aromatic rings. The van der Waals surface area contributed by atoms with E-state index in [1.54, 1.807) is 0 Å². The highest BCUT2D eigenvalue weighted by molar-refractivity contribution is 4.93. The molecule has 0 spiro atoms. The van der Waals surface area contributed by atoms with Crippen LogP contribution in [0.2, 0.25) is 0 Å². The van der Waals surface area contributed by atoms with Crippen LogP contribution in [0.4, 0.5) is 0 Å². The summed E-state index contributed by atoms with van der Waals surface area (Å²) in [7, 11) is 1.49. The number of rotatable bonds is 10. The normalized spacial score (nSPS) is 33.3. The van der Waals surface area contributed by atoms with Crippen LogP contribution < -0.4 is 5.32 Å². The Kier molecular flexibility index (Phi) is 9.29. The summed E-state index contributed by atoms with van der Waals surface area (Å²) < 4.78 is 21.2. The Balaban J connectivity index is 2.37. The van der Waals surface area contributed by atoms with Gasteiger partial charge in [0.1, 0.15) is 18.3 Å². The third-order valence-corrected chi connectivity index (χ3v) is 3.26. The highest BCUT2D eigenvalue weighted by Crippen LogP contribution is 2.22. The average molecular weight is 309 g/mol. The smallest absolute Gasteiger partial charge is 0.175 e. The SMILES string of the molecule is CCN[C@H]1[C@H](OC)O[C@H](COCCOCCO)[C@H](O)[C@@H]1O. The van der Waals surface area contributed by atoms with Crippen LogP contribution in [0.1, 0.15) is 6.92 Å². The molecule has 0 amide bonds. The van der Waals surface area contributed by atoms with Crippen molar-refractivity contribution in [1.29, 1.82) is 0 Å². The summed E-state index contributed by atoms with van der Waals surface area (Å²) in [6, 6.07) is -0.487. The van der Waals surface area contributed by atoms with Crippen LogP contribution in [0, 0.1) is 0 Å². The van der Waals surface area contributed by atoms with E-state index >= 15 is 0 Å². The summed E-state index contributed by atoms with van der Waals surface area (Å²) in [6.45, 7) is 3.54. The van der Waals surface area contributed by atoms with Gasteiger partial charge in [-0.3, -0.25) is 0 Å². The number of hydrogen-bond acceptors (Lipinski definition) is 8. The van der Waals surface area contributed by atoms with Crippen LogP contribution >= 0.6 is 0 Å². The first kappa shape index (κ1) is 18.7. The fourth-order valence-electron chi connectivity index (χ4n) is 2.21. The molecular weight excluding hydrogens is 282 g/mol. The maximum Gasteiger partial charge on any atom is 0.175 e. The molecule has 0 aromatic heterocycles. The number of nitrogens with one attached hydrogen (secondary N) is 1. The van der Waals surface area contributed by atoms with Gasteiger partial charge in [0.15, 0.2) is 6.29 Å². The number of likely N-dealkylation sites (N-methyl/N-ethyl adjacent to an activating group) is 1. The molecule has 0 saturated carbocycles. The molecule has 21 heavy (non-hydrogen) atoms. The topological polar surface area (TPSA) is 110 Å². The first-order valence-electron chi connectivity index (χ1n) is 7.19. The molecule has 1 rings (SSSR count). The van der Waals surface area contributed by atoms with Crippen LogP contribution in [0.3, 0.4) is 0 Å². The summed E-state index contributed by atoms with van der Waals surface area (Å²) in [5.74, 6) is 0. The van der Waals surface area contributed by atoms with Gasteiger partial charge < -0.3 is 39.6 Å². The van der Waals surface area contributed by atoms with Crippen molar-refractivity contribution in [3.8, 4) is 0 Å². The minimum Gasteiger partial charge on any atom is -0.394 e. The van der Waals surface area contributed by atoms with Gasteiger partial charge in [0.2, 0.25) is 0 Å². The molecule has 1 saturated heterocycles. The number of methoxy groups -OCH3 is 1. The van der Waals surface area contributed by atoms with E-state index in [1.807, 2.05) is 6.92 Å². The standard InChI is InChI=1S/C13H27NO7/c1-3-14-10-12(17)11(16)9(21-13(10)18-2)8-20-7-6-19-5-4-15/h9-17H,3-8H2,1-2H3/t9-,10-,11+,12-,13-/m1/s1. The van der Waals surface area contributed by atoms with Crippen LogP contribution in [-0.4, -0.2) is 92.7 Å². The molecule has 1 fully saturated rings. The first-order valence-corrected chi connectivity index (χ1v) is 7.19. The summed E-state index contributed by atoms with van der Waals surface area (Å²) in [5, 5.41) is 31.8. The van der Waals surface area contributed by atoms with Crippen molar-refractivity contribution in [2.45, 2.75) is 37.6 Å². The maximum atomic E-state index is 10.1. The van der Waals surface area contributed by atoms with Gasteiger partial charge in [0.05, 0.1) is 39.1 Å². The van der Waals surface area contributed by atoms with E-state index in [2.05, 4.69) is 5.32 Å². The fraction of sp³-hybridized carbons (Fsp3) is 1.00. The van der Waals surface area contributed by atoms with Crippen molar-refractivity contribution in [2.75, 3.05) is 46.7 Å². The number of aliphatic hydroxyl groups is 3. The predicted molar refractivity (Wildman–Crippen MR) is 73.9 cm³/mol. The van der Waals surface area contributed by atoms with Gasteiger partial charge in [-0.2, -0.15) is 0 Å². The lowest BCUT2D eigenvalue weighted by Crippen LogP contribution is -2.63. The number of aliphatic hydroxyl groups excluding tert-OH is 3. The highest BCUT2D eigenvalue weighted by Gasteiger charge is 2.44. The molecule has 1 heterocycles. The van der Waals surface area contributed by atoms with E-state index in [9.17, 15) is 10.2 Å². The van der Waals surface area contributed by atoms with Crippen molar-refractivity contribution >= 4 is 0 Å². The van der Waals surface area contributed by atoms with Gasteiger partial charge >= 0.3 is 0 Å². The molecule has 8 heteroatoms. The molecule has 0 bridgehead atoms. The molecule has 0 unspecified atom stereocenters. The third-order valence-electron chi connectivity index (χ3n) is 3.26. The van der Waals surface area contributed by atoms with Gasteiger partial charge in [-0.25, -0.2) is 0 Å². The monoisotopic (exact) mass is 309 g/mol. The van der Waals surface area contributed by atoms with Crippen molar-refractivity contribution in [1.82, 2.24) is 5.32 Å². The Hall–Kier alpha value is -0.320. The van der Waals surface area contributed by atoms with Crippen molar-refractivity contribution < 1.29 is 34.3 Å².